The zero-order valence-corrected chi connectivity index (χ0v) is 10.2. The molecule has 2 heterocycles. The van der Waals surface area contributed by atoms with Gasteiger partial charge in [0, 0.05) is 25.2 Å². The maximum absolute atomic E-state index is 11.2. The molecule has 1 aromatic heterocycles. The lowest BCUT2D eigenvalue weighted by Crippen LogP contribution is -2.16. The lowest BCUT2D eigenvalue weighted by Gasteiger charge is -2.12. The number of hydrogen-bond acceptors (Lipinski definition) is 5. The van der Waals surface area contributed by atoms with E-state index in [0.29, 0.717) is 5.76 Å². The van der Waals surface area contributed by atoms with Gasteiger partial charge in [0.2, 0.25) is 0 Å². The number of anilines is 1. The SMILES string of the molecule is COC(=O)/C(C#N)=C/c1ccc(N2CCCC2)o1. The Morgan fingerprint density at radius 2 is 2.22 bits per heavy atom. The monoisotopic (exact) mass is 246 g/mol. The average molecular weight is 246 g/mol. The largest absolute Gasteiger partial charge is 0.465 e. The summed E-state index contributed by atoms with van der Waals surface area (Å²) in [5.41, 5.74) is -0.0696. The van der Waals surface area contributed by atoms with Gasteiger partial charge >= 0.3 is 5.97 Å². The molecular formula is C13H14N2O3. The molecule has 0 N–H and O–H groups in total. The minimum Gasteiger partial charge on any atom is -0.465 e. The van der Waals surface area contributed by atoms with Crippen molar-refractivity contribution >= 4 is 17.9 Å². The molecule has 0 saturated carbocycles. The molecule has 1 fully saturated rings. The molecule has 0 atom stereocenters. The van der Waals surface area contributed by atoms with E-state index in [2.05, 4.69) is 9.64 Å². The Kier molecular flexibility index (Phi) is 3.68. The lowest BCUT2D eigenvalue weighted by atomic mass is 10.2. The smallest absolute Gasteiger partial charge is 0.348 e. The van der Waals surface area contributed by atoms with E-state index in [4.69, 9.17) is 9.68 Å². The van der Waals surface area contributed by atoms with Gasteiger partial charge in [0.05, 0.1) is 7.11 Å². The minimum absolute atomic E-state index is 0.0696. The van der Waals surface area contributed by atoms with E-state index < -0.39 is 5.97 Å². The Morgan fingerprint density at radius 1 is 1.50 bits per heavy atom. The van der Waals surface area contributed by atoms with Crippen molar-refractivity contribution in [1.29, 1.82) is 5.26 Å². The molecule has 5 nitrogen and oxygen atoms in total. The number of nitriles is 1. The van der Waals surface area contributed by atoms with Crippen molar-refractivity contribution in [3.05, 3.63) is 23.5 Å². The molecule has 0 aliphatic carbocycles. The van der Waals surface area contributed by atoms with E-state index in [1.165, 1.54) is 13.2 Å². The zero-order valence-electron chi connectivity index (χ0n) is 10.2. The highest BCUT2D eigenvalue weighted by Gasteiger charge is 2.16. The minimum atomic E-state index is -0.656. The Balaban J connectivity index is 2.17. The van der Waals surface area contributed by atoms with Gasteiger partial charge in [-0.1, -0.05) is 0 Å². The Labute approximate surface area is 105 Å². The molecule has 0 spiro atoms. The standard InChI is InChI=1S/C13H14N2O3/c1-17-13(16)10(9-14)8-11-4-5-12(18-11)15-6-2-3-7-15/h4-5,8H,2-3,6-7H2,1H3/b10-8+. The van der Waals surface area contributed by atoms with E-state index in [0.717, 1.165) is 31.8 Å². The summed E-state index contributed by atoms with van der Waals surface area (Å²) in [6.45, 7) is 1.97. The van der Waals surface area contributed by atoms with Gasteiger partial charge in [-0.05, 0) is 18.9 Å². The van der Waals surface area contributed by atoms with Crippen LogP contribution in [0.1, 0.15) is 18.6 Å². The molecule has 2 rings (SSSR count). The van der Waals surface area contributed by atoms with E-state index in [9.17, 15) is 4.79 Å². The van der Waals surface area contributed by atoms with Gasteiger partial charge in [-0.3, -0.25) is 0 Å². The first-order chi connectivity index (χ1) is 8.74. The zero-order chi connectivity index (χ0) is 13.0. The number of furan rings is 1. The molecule has 1 aliphatic heterocycles. The van der Waals surface area contributed by atoms with Crippen LogP contribution in [-0.2, 0) is 9.53 Å². The van der Waals surface area contributed by atoms with Gasteiger partial charge in [0.25, 0.3) is 0 Å². The van der Waals surface area contributed by atoms with Crippen LogP contribution in [0.2, 0.25) is 0 Å². The summed E-state index contributed by atoms with van der Waals surface area (Å²) >= 11 is 0. The van der Waals surface area contributed by atoms with Gasteiger partial charge < -0.3 is 14.1 Å². The summed E-state index contributed by atoms with van der Waals surface area (Å²) in [4.78, 5) is 13.4. The Hall–Kier alpha value is -2.22. The van der Waals surface area contributed by atoms with E-state index in [1.54, 1.807) is 12.1 Å². The summed E-state index contributed by atoms with van der Waals surface area (Å²) in [5, 5.41) is 8.84. The second-order valence-electron chi connectivity index (χ2n) is 4.03. The number of ether oxygens (including phenoxy) is 1. The number of carbonyl (C=O) groups excluding carboxylic acids is 1. The molecule has 1 aromatic rings. The first-order valence-corrected chi connectivity index (χ1v) is 5.79. The quantitative estimate of drug-likeness (QED) is 0.463. The molecule has 1 aliphatic rings. The van der Waals surface area contributed by atoms with Gasteiger partial charge in [-0.15, -0.1) is 0 Å². The molecular weight excluding hydrogens is 232 g/mol. The molecule has 18 heavy (non-hydrogen) atoms. The molecule has 0 aromatic carbocycles. The van der Waals surface area contributed by atoms with Crippen molar-refractivity contribution in [1.82, 2.24) is 0 Å². The molecule has 0 amide bonds. The summed E-state index contributed by atoms with van der Waals surface area (Å²) in [7, 11) is 1.24. The van der Waals surface area contributed by atoms with Crippen molar-refractivity contribution < 1.29 is 13.9 Å². The van der Waals surface area contributed by atoms with Crippen molar-refractivity contribution in [3.63, 3.8) is 0 Å². The van der Waals surface area contributed by atoms with Crippen LogP contribution in [-0.4, -0.2) is 26.2 Å². The van der Waals surface area contributed by atoms with Gasteiger partial charge in [-0.2, -0.15) is 5.26 Å². The van der Waals surface area contributed by atoms with Crippen LogP contribution in [0.3, 0.4) is 0 Å². The predicted molar refractivity (Wildman–Crippen MR) is 65.8 cm³/mol. The van der Waals surface area contributed by atoms with Gasteiger partial charge in [-0.25, -0.2) is 4.79 Å². The number of hydrogen-bond donors (Lipinski definition) is 0. The highest BCUT2D eigenvalue weighted by Crippen LogP contribution is 2.24. The maximum Gasteiger partial charge on any atom is 0.348 e. The van der Waals surface area contributed by atoms with E-state index in [1.807, 2.05) is 6.07 Å². The predicted octanol–water partition coefficient (Wildman–Crippen LogP) is 1.96. The third kappa shape index (κ3) is 2.54. The summed E-state index contributed by atoms with van der Waals surface area (Å²) < 4.78 is 10.1. The number of carbonyl (C=O) groups is 1. The summed E-state index contributed by atoms with van der Waals surface area (Å²) in [5.74, 6) is 0.608. The first-order valence-electron chi connectivity index (χ1n) is 5.79. The Bertz CT molecular complexity index is 505. The van der Waals surface area contributed by atoms with Crippen LogP contribution in [0.4, 0.5) is 5.88 Å². The van der Waals surface area contributed by atoms with Crippen LogP contribution in [0.25, 0.3) is 6.08 Å². The summed E-state index contributed by atoms with van der Waals surface area (Å²) in [6, 6.07) is 5.39. The maximum atomic E-state index is 11.2. The molecule has 94 valence electrons. The van der Waals surface area contributed by atoms with Crippen LogP contribution < -0.4 is 4.90 Å². The topological polar surface area (TPSA) is 66.5 Å². The second-order valence-corrected chi connectivity index (χ2v) is 4.03. The average Bonchev–Trinajstić information content (AvgIpc) is 3.05. The van der Waals surface area contributed by atoms with Crippen molar-refractivity contribution in [2.45, 2.75) is 12.8 Å². The summed E-state index contributed by atoms with van der Waals surface area (Å²) in [6.07, 6.45) is 3.72. The lowest BCUT2D eigenvalue weighted by molar-refractivity contribution is -0.135. The number of methoxy groups -OCH3 is 1. The fourth-order valence-corrected chi connectivity index (χ4v) is 1.92. The van der Waals surface area contributed by atoms with Crippen LogP contribution >= 0.6 is 0 Å². The van der Waals surface area contributed by atoms with E-state index in [-0.39, 0.29) is 5.57 Å². The molecule has 1 saturated heterocycles. The van der Waals surface area contributed by atoms with Crippen molar-refractivity contribution in [2.24, 2.45) is 0 Å². The number of rotatable bonds is 3. The van der Waals surface area contributed by atoms with Crippen molar-refractivity contribution in [2.75, 3.05) is 25.1 Å². The highest BCUT2D eigenvalue weighted by molar-refractivity contribution is 5.97. The number of esters is 1. The highest BCUT2D eigenvalue weighted by atomic mass is 16.5. The molecule has 5 heteroatoms. The fraction of sp³-hybridized carbons (Fsp3) is 0.385. The molecule has 0 radical (unpaired) electrons. The van der Waals surface area contributed by atoms with Crippen molar-refractivity contribution in [3.8, 4) is 6.07 Å². The normalized spacial score (nSPS) is 15.6. The number of nitrogens with zero attached hydrogens (tertiary/aromatic N) is 2. The van der Waals surface area contributed by atoms with Crippen LogP contribution in [0.5, 0.6) is 0 Å². The van der Waals surface area contributed by atoms with Crippen LogP contribution in [0.15, 0.2) is 22.1 Å². The third-order valence-electron chi connectivity index (χ3n) is 2.84. The third-order valence-corrected chi connectivity index (χ3v) is 2.84. The van der Waals surface area contributed by atoms with E-state index >= 15 is 0 Å². The molecule has 0 unspecified atom stereocenters. The molecule has 0 bridgehead atoms. The second kappa shape index (κ2) is 5.41. The Morgan fingerprint density at radius 3 is 2.83 bits per heavy atom. The fourth-order valence-electron chi connectivity index (χ4n) is 1.92. The van der Waals surface area contributed by atoms with Gasteiger partial charge in [0.15, 0.2) is 5.88 Å². The first kappa shape index (κ1) is 12.2. The van der Waals surface area contributed by atoms with Crippen LogP contribution in [0, 0.1) is 11.3 Å². The van der Waals surface area contributed by atoms with Gasteiger partial charge in [0.1, 0.15) is 17.4 Å².